The summed E-state index contributed by atoms with van der Waals surface area (Å²) in [6, 6.07) is 7.96. The molecule has 27 heavy (non-hydrogen) atoms. The first-order chi connectivity index (χ1) is 13.1. The van der Waals surface area contributed by atoms with Crippen molar-refractivity contribution in [1.82, 2.24) is 9.88 Å². The number of pyridine rings is 1. The molecule has 1 aromatic carbocycles. The van der Waals surface area contributed by atoms with E-state index in [1.807, 2.05) is 0 Å². The molecule has 0 saturated carbocycles. The fraction of sp³-hybridized carbons (Fsp3) is 0.250. The molecule has 1 unspecified atom stereocenters. The van der Waals surface area contributed by atoms with E-state index in [1.54, 1.807) is 6.07 Å². The number of aliphatic hydroxyl groups excluding tert-OH is 1. The van der Waals surface area contributed by atoms with Gasteiger partial charge in [0.05, 0.1) is 11.6 Å². The van der Waals surface area contributed by atoms with Crippen LogP contribution in [0.3, 0.4) is 0 Å². The highest BCUT2D eigenvalue weighted by atomic mass is 19.1. The number of ether oxygens (including phenoxy) is 1. The monoisotopic (exact) mass is 370 g/mol. The van der Waals surface area contributed by atoms with Crippen molar-refractivity contribution in [2.75, 3.05) is 20.3 Å². The van der Waals surface area contributed by atoms with Crippen molar-refractivity contribution in [1.29, 1.82) is 0 Å². The van der Waals surface area contributed by atoms with E-state index in [1.165, 1.54) is 54.7 Å². The Balaban J connectivity index is 2.14. The maximum absolute atomic E-state index is 14.5. The quantitative estimate of drug-likeness (QED) is 0.366. The van der Waals surface area contributed by atoms with Crippen molar-refractivity contribution in [3.63, 3.8) is 0 Å². The van der Waals surface area contributed by atoms with Crippen LogP contribution in [0.2, 0.25) is 0 Å². The van der Waals surface area contributed by atoms with Gasteiger partial charge in [0, 0.05) is 43.8 Å². The molecule has 1 aromatic heterocycles. The zero-order chi connectivity index (χ0) is 19.4. The highest BCUT2D eigenvalue weighted by Crippen LogP contribution is 2.40. The third-order valence-electron chi connectivity index (χ3n) is 4.44. The number of likely N-dealkylation sites (tertiary alicyclic amines) is 1. The number of carbonyl (C=O) groups excluding carboxylic acids is 2. The van der Waals surface area contributed by atoms with Crippen LogP contribution in [0.5, 0.6) is 0 Å². The van der Waals surface area contributed by atoms with Gasteiger partial charge in [-0.3, -0.25) is 14.6 Å². The third kappa shape index (κ3) is 3.59. The minimum Gasteiger partial charge on any atom is -0.507 e. The first kappa shape index (κ1) is 18.7. The van der Waals surface area contributed by atoms with Gasteiger partial charge >= 0.3 is 0 Å². The molecule has 1 saturated heterocycles. The average molecular weight is 370 g/mol. The summed E-state index contributed by atoms with van der Waals surface area (Å²) in [6.45, 7) is 0.585. The van der Waals surface area contributed by atoms with E-state index in [9.17, 15) is 19.1 Å². The van der Waals surface area contributed by atoms with Gasteiger partial charge in [-0.1, -0.05) is 18.2 Å². The Morgan fingerprint density at radius 3 is 2.59 bits per heavy atom. The van der Waals surface area contributed by atoms with Crippen LogP contribution in [-0.2, 0) is 14.3 Å². The van der Waals surface area contributed by atoms with Gasteiger partial charge in [-0.25, -0.2) is 4.39 Å². The first-order valence-corrected chi connectivity index (χ1v) is 8.48. The van der Waals surface area contributed by atoms with Gasteiger partial charge < -0.3 is 14.7 Å². The number of carbonyl (C=O) groups is 2. The largest absolute Gasteiger partial charge is 0.507 e. The van der Waals surface area contributed by atoms with E-state index in [4.69, 9.17) is 4.74 Å². The third-order valence-corrected chi connectivity index (χ3v) is 4.44. The lowest BCUT2D eigenvalue weighted by Crippen LogP contribution is -2.31. The molecule has 140 valence electrons. The molecule has 2 aromatic rings. The Morgan fingerprint density at radius 1 is 1.22 bits per heavy atom. The van der Waals surface area contributed by atoms with Crippen LogP contribution in [0, 0.1) is 5.82 Å². The van der Waals surface area contributed by atoms with Crippen LogP contribution in [-0.4, -0.2) is 46.9 Å². The zero-order valence-electron chi connectivity index (χ0n) is 14.8. The predicted octanol–water partition coefficient (Wildman–Crippen LogP) is 2.68. The van der Waals surface area contributed by atoms with Crippen molar-refractivity contribution in [3.8, 4) is 0 Å². The van der Waals surface area contributed by atoms with Gasteiger partial charge in [-0.05, 0) is 24.6 Å². The van der Waals surface area contributed by atoms with E-state index in [-0.39, 0.29) is 23.4 Å². The number of halogens is 1. The number of ketones is 1. The van der Waals surface area contributed by atoms with Crippen LogP contribution in [0.1, 0.15) is 23.6 Å². The number of aliphatic hydroxyl groups is 1. The van der Waals surface area contributed by atoms with Crippen molar-refractivity contribution in [2.24, 2.45) is 0 Å². The lowest BCUT2D eigenvalue weighted by atomic mass is 9.95. The molecule has 7 heteroatoms. The van der Waals surface area contributed by atoms with Gasteiger partial charge in [0.2, 0.25) is 0 Å². The van der Waals surface area contributed by atoms with Gasteiger partial charge in [-0.15, -0.1) is 0 Å². The second-order valence-electron chi connectivity index (χ2n) is 6.10. The fourth-order valence-corrected chi connectivity index (χ4v) is 3.18. The summed E-state index contributed by atoms with van der Waals surface area (Å²) in [5.41, 5.74) is 0.361. The Hall–Kier alpha value is -3.06. The minimum atomic E-state index is -1.00. The molecule has 1 N–H and O–H groups in total. The summed E-state index contributed by atoms with van der Waals surface area (Å²) in [5.74, 6) is -2.51. The van der Waals surface area contributed by atoms with Crippen LogP contribution < -0.4 is 0 Å². The second kappa shape index (κ2) is 8.09. The van der Waals surface area contributed by atoms with Crippen LogP contribution in [0.4, 0.5) is 4.39 Å². The number of benzene rings is 1. The van der Waals surface area contributed by atoms with Crippen molar-refractivity contribution >= 4 is 17.4 Å². The molecule has 1 atom stereocenters. The van der Waals surface area contributed by atoms with E-state index >= 15 is 0 Å². The number of aromatic nitrogens is 1. The van der Waals surface area contributed by atoms with Crippen molar-refractivity contribution < 1.29 is 23.8 Å². The lowest BCUT2D eigenvalue weighted by molar-refractivity contribution is -0.140. The molecule has 1 amide bonds. The summed E-state index contributed by atoms with van der Waals surface area (Å²) >= 11 is 0. The average Bonchev–Trinajstić information content (AvgIpc) is 2.93. The summed E-state index contributed by atoms with van der Waals surface area (Å²) in [7, 11) is 1.53. The normalized spacial score (nSPS) is 18.9. The molecule has 0 radical (unpaired) electrons. The van der Waals surface area contributed by atoms with Crippen LogP contribution in [0.25, 0.3) is 5.76 Å². The maximum atomic E-state index is 14.5. The summed E-state index contributed by atoms with van der Waals surface area (Å²) < 4.78 is 19.5. The topological polar surface area (TPSA) is 79.7 Å². The molecule has 0 bridgehead atoms. The molecule has 6 nitrogen and oxygen atoms in total. The molecule has 1 aliphatic rings. The van der Waals surface area contributed by atoms with E-state index in [2.05, 4.69) is 4.98 Å². The molecule has 1 aliphatic heterocycles. The number of hydrogen-bond acceptors (Lipinski definition) is 5. The molecule has 2 heterocycles. The van der Waals surface area contributed by atoms with Gasteiger partial charge in [0.15, 0.2) is 0 Å². The van der Waals surface area contributed by atoms with E-state index in [0.717, 1.165) is 0 Å². The minimum absolute atomic E-state index is 0.131. The second-order valence-corrected chi connectivity index (χ2v) is 6.10. The molecule has 3 rings (SSSR count). The van der Waals surface area contributed by atoms with Crippen molar-refractivity contribution in [2.45, 2.75) is 12.5 Å². The Bertz CT molecular complexity index is 883. The maximum Gasteiger partial charge on any atom is 0.295 e. The lowest BCUT2D eigenvalue weighted by Gasteiger charge is -2.25. The number of rotatable bonds is 6. The van der Waals surface area contributed by atoms with Crippen LogP contribution in [0.15, 0.2) is 54.4 Å². The Labute approximate surface area is 155 Å². The number of nitrogens with zero attached hydrogens (tertiary/aromatic N) is 2. The summed E-state index contributed by atoms with van der Waals surface area (Å²) in [6.07, 6.45) is 3.40. The van der Waals surface area contributed by atoms with E-state index in [0.29, 0.717) is 18.6 Å². The van der Waals surface area contributed by atoms with Gasteiger partial charge in [0.25, 0.3) is 11.7 Å². The molecule has 1 fully saturated rings. The zero-order valence-corrected chi connectivity index (χ0v) is 14.8. The predicted molar refractivity (Wildman–Crippen MR) is 96.1 cm³/mol. The number of methoxy groups -OCH3 is 1. The SMILES string of the molecule is COCCCN1C(=O)C(=O)/C(=C(\O)c2ccncc2)C1c1ccccc1F. The summed E-state index contributed by atoms with van der Waals surface area (Å²) in [4.78, 5) is 30.4. The molecular weight excluding hydrogens is 351 g/mol. The summed E-state index contributed by atoms with van der Waals surface area (Å²) in [5, 5.41) is 10.7. The van der Waals surface area contributed by atoms with Gasteiger partial charge in [-0.2, -0.15) is 0 Å². The fourth-order valence-electron chi connectivity index (χ4n) is 3.18. The number of Topliss-reactive ketones (excluding diaryl/α,β-unsaturated/α-hetero) is 1. The molecule has 0 aliphatic carbocycles. The first-order valence-electron chi connectivity index (χ1n) is 8.48. The van der Waals surface area contributed by atoms with E-state index < -0.39 is 23.5 Å². The smallest absolute Gasteiger partial charge is 0.295 e. The number of hydrogen-bond donors (Lipinski definition) is 1. The highest BCUT2D eigenvalue weighted by molar-refractivity contribution is 6.46. The number of amides is 1. The Kier molecular flexibility index (Phi) is 5.61. The van der Waals surface area contributed by atoms with Gasteiger partial charge in [0.1, 0.15) is 11.6 Å². The van der Waals surface area contributed by atoms with Crippen LogP contribution >= 0.6 is 0 Å². The molecule has 0 spiro atoms. The molecular formula is C20H19FN2O4. The van der Waals surface area contributed by atoms with Crippen molar-refractivity contribution in [3.05, 3.63) is 71.3 Å². The standard InChI is InChI=1S/C20H19FN2O4/c1-27-12-4-11-23-17(14-5-2-3-6-15(14)21)16(19(25)20(23)26)18(24)13-7-9-22-10-8-13/h2-3,5-10,17,24H,4,11-12H2,1H3/b18-16-. The highest BCUT2D eigenvalue weighted by Gasteiger charge is 2.46. The Morgan fingerprint density at radius 2 is 1.93 bits per heavy atom.